The van der Waals surface area contributed by atoms with Gasteiger partial charge >= 0.3 is 0 Å². The quantitative estimate of drug-likeness (QED) is 0.692. The fourth-order valence-electron chi connectivity index (χ4n) is 2.60. The van der Waals surface area contributed by atoms with Gasteiger partial charge in [0.15, 0.2) is 0 Å². The average molecular weight is 202 g/mol. The molecule has 2 unspecified atom stereocenters. The molecule has 0 saturated heterocycles. The number of ether oxygens (including phenoxy) is 1. The van der Waals surface area contributed by atoms with Crippen molar-refractivity contribution in [3.8, 4) is 0 Å². The van der Waals surface area contributed by atoms with Crippen LogP contribution in [0.15, 0.2) is 0 Å². The van der Waals surface area contributed by atoms with Crippen molar-refractivity contribution in [3.05, 3.63) is 0 Å². The van der Waals surface area contributed by atoms with Crippen molar-refractivity contribution < 1.29 is 4.74 Å². The molecular formula is C11H22OS. The highest BCUT2D eigenvalue weighted by molar-refractivity contribution is 7.80. The summed E-state index contributed by atoms with van der Waals surface area (Å²) < 4.78 is 5.76. The minimum Gasteiger partial charge on any atom is -0.377 e. The zero-order valence-corrected chi connectivity index (χ0v) is 9.94. The van der Waals surface area contributed by atoms with Gasteiger partial charge in [-0.05, 0) is 30.6 Å². The molecule has 1 saturated carbocycles. The normalized spacial score (nSPS) is 33.2. The van der Waals surface area contributed by atoms with Gasteiger partial charge in [-0.3, -0.25) is 0 Å². The smallest absolute Gasteiger partial charge is 0.0583 e. The van der Waals surface area contributed by atoms with E-state index in [1.807, 2.05) is 0 Å². The Labute approximate surface area is 87.7 Å². The third-order valence-corrected chi connectivity index (χ3v) is 2.97. The summed E-state index contributed by atoms with van der Waals surface area (Å²) in [5.41, 5.74) is 0.471. The fourth-order valence-corrected chi connectivity index (χ4v) is 2.71. The molecule has 1 fully saturated rings. The standard InChI is InChI=1S/C11H22OS/c1-9-6-10(12-4-5-13)8-11(2,3)7-9/h9-10,13H,4-8H2,1-3H3. The van der Waals surface area contributed by atoms with Crippen molar-refractivity contribution in [1.29, 1.82) is 0 Å². The Hall–Kier alpha value is 0.310. The van der Waals surface area contributed by atoms with Gasteiger partial charge in [-0.2, -0.15) is 12.6 Å². The van der Waals surface area contributed by atoms with E-state index in [0.29, 0.717) is 11.5 Å². The van der Waals surface area contributed by atoms with E-state index < -0.39 is 0 Å². The van der Waals surface area contributed by atoms with E-state index in [9.17, 15) is 0 Å². The first-order valence-corrected chi connectivity index (χ1v) is 5.89. The van der Waals surface area contributed by atoms with Crippen LogP contribution in [0.4, 0.5) is 0 Å². The van der Waals surface area contributed by atoms with Crippen molar-refractivity contribution in [1.82, 2.24) is 0 Å². The summed E-state index contributed by atoms with van der Waals surface area (Å²) in [7, 11) is 0. The highest BCUT2D eigenvalue weighted by Gasteiger charge is 2.32. The van der Waals surface area contributed by atoms with Crippen molar-refractivity contribution in [3.63, 3.8) is 0 Å². The monoisotopic (exact) mass is 202 g/mol. The highest BCUT2D eigenvalue weighted by atomic mass is 32.1. The molecule has 0 N–H and O–H groups in total. The second-order valence-corrected chi connectivity index (χ2v) is 5.58. The minimum atomic E-state index is 0.471. The molecule has 0 heterocycles. The summed E-state index contributed by atoms with van der Waals surface area (Å²) in [4.78, 5) is 0. The molecule has 0 aromatic heterocycles. The lowest BCUT2D eigenvalue weighted by Crippen LogP contribution is -2.32. The number of hydrogen-bond donors (Lipinski definition) is 1. The van der Waals surface area contributed by atoms with Crippen LogP contribution < -0.4 is 0 Å². The Morgan fingerprint density at radius 1 is 1.38 bits per heavy atom. The Bertz CT molecular complexity index is 156. The molecule has 0 radical (unpaired) electrons. The van der Waals surface area contributed by atoms with Gasteiger partial charge in [-0.1, -0.05) is 20.8 Å². The zero-order valence-electron chi connectivity index (χ0n) is 9.05. The van der Waals surface area contributed by atoms with Gasteiger partial charge in [-0.15, -0.1) is 0 Å². The molecule has 0 amide bonds. The lowest BCUT2D eigenvalue weighted by molar-refractivity contribution is -0.0161. The molecule has 1 rings (SSSR count). The number of thiol groups is 1. The Morgan fingerprint density at radius 2 is 2.08 bits per heavy atom. The third-order valence-electron chi connectivity index (χ3n) is 2.79. The molecule has 2 heteroatoms. The van der Waals surface area contributed by atoms with E-state index in [2.05, 4.69) is 33.4 Å². The molecule has 0 aromatic rings. The second kappa shape index (κ2) is 4.70. The molecule has 0 aliphatic heterocycles. The summed E-state index contributed by atoms with van der Waals surface area (Å²) in [6, 6.07) is 0. The fraction of sp³-hybridized carbons (Fsp3) is 1.00. The van der Waals surface area contributed by atoms with E-state index in [0.717, 1.165) is 18.3 Å². The predicted octanol–water partition coefficient (Wildman–Crippen LogP) is 3.15. The van der Waals surface area contributed by atoms with E-state index in [1.54, 1.807) is 0 Å². The van der Waals surface area contributed by atoms with Gasteiger partial charge in [0.25, 0.3) is 0 Å². The molecule has 1 aliphatic carbocycles. The largest absolute Gasteiger partial charge is 0.377 e. The maximum atomic E-state index is 5.76. The first-order valence-electron chi connectivity index (χ1n) is 5.26. The van der Waals surface area contributed by atoms with Crippen LogP contribution in [0.1, 0.15) is 40.0 Å². The van der Waals surface area contributed by atoms with Crippen LogP contribution in [-0.2, 0) is 4.74 Å². The van der Waals surface area contributed by atoms with E-state index in [1.165, 1.54) is 19.3 Å². The topological polar surface area (TPSA) is 9.23 Å². The second-order valence-electron chi connectivity index (χ2n) is 5.13. The minimum absolute atomic E-state index is 0.471. The molecule has 0 bridgehead atoms. The van der Waals surface area contributed by atoms with Gasteiger partial charge in [0.1, 0.15) is 0 Å². The summed E-state index contributed by atoms with van der Waals surface area (Å²) in [6.07, 6.45) is 4.27. The average Bonchev–Trinajstić information content (AvgIpc) is 1.97. The maximum absolute atomic E-state index is 5.76. The summed E-state index contributed by atoms with van der Waals surface area (Å²) in [5.74, 6) is 1.65. The molecule has 0 spiro atoms. The third kappa shape index (κ3) is 3.90. The molecule has 13 heavy (non-hydrogen) atoms. The predicted molar refractivity (Wildman–Crippen MR) is 60.4 cm³/mol. The SMILES string of the molecule is CC1CC(OCCS)CC(C)(C)C1. The van der Waals surface area contributed by atoms with Crippen LogP contribution in [-0.4, -0.2) is 18.5 Å². The van der Waals surface area contributed by atoms with Gasteiger partial charge in [0.05, 0.1) is 12.7 Å². The van der Waals surface area contributed by atoms with Gasteiger partial charge in [0.2, 0.25) is 0 Å². The van der Waals surface area contributed by atoms with E-state index >= 15 is 0 Å². The maximum Gasteiger partial charge on any atom is 0.0583 e. The summed E-state index contributed by atoms with van der Waals surface area (Å²) >= 11 is 4.16. The first-order chi connectivity index (χ1) is 6.03. The van der Waals surface area contributed by atoms with E-state index in [-0.39, 0.29) is 0 Å². The molecule has 1 nitrogen and oxygen atoms in total. The molecule has 2 atom stereocenters. The van der Waals surface area contributed by atoms with Crippen LogP contribution >= 0.6 is 12.6 Å². The van der Waals surface area contributed by atoms with Crippen molar-refractivity contribution in [2.75, 3.05) is 12.4 Å². The van der Waals surface area contributed by atoms with Crippen LogP contribution in [0, 0.1) is 11.3 Å². The van der Waals surface area contributed by atoms with Crippen LogP contribution in [0.3, 0.4) is 0 Å². The summed E-state index contributed by atoms with van der Waals surface area (Å²) in [5, 5.41) is 0. The van der Waals surface area contributed by atoms with E-state index in [4.69, 9.17) is 4.74 Å². The number of rotatable bonds is 3. The lowest BCUT2D eigenvalue weighted by atomic mass is 9.71. The highest BCUT2D eigenvalue weighted by Crippen LogP contribution is 2.39. The lowest BCUT2D eigenvalue weighted by Gasteiger charge is -2.38. The molecule has 1 aliphatic rings. The number of hydrogen-bond acceptors (Lipinski definition) is 2. The Morgan fingerprint density at radius 3 is 2.62 bits per heavy atom. The van der Waals surface area contributed by atoms with Crippen molar-refractivity contribution in [2.24, 2.45) is 11.3 Å². The van der Waals surface area contributed by atoms with Crippen LogP contribution in [0.5, 0.6) is 0 Å². The van der Waals surface area contributed by atoms with Gasteiger partial charge < -0.3 is 4.74 Å². The van der Waals surface area contributed by atoms with Gasteiger partial charge in [-0.25, -0.2) is 0 Å². The van der Waals surface area contributed by atoms with Gasteiger partial charge in [0, 0.05) is 5.75 Å². The van der Waals surface area contributed by atoms with Crippen molar-refractivity contribution >= 4 is 12.6 Å². The molecule has 0 aromatic carbocycles. The van der Waals surface area contributed by atoms with Crippen LogP contribution in [0.2, 0.25) is 0 Å². The Balaban J connectivity index is 2.38. The van der Waals surface area contributed by atoms with Crippen molar-refractivity contribution in [2.45, 2.75) is 46.1 Å². The molecular weight excluding hydrogens is 180 g/mol. The zero-order chi connectivity index (χ0) is 9.90. The Kier molecular flexibility index (Phi) is 4.11. The van der Waals surface area contributed by atoms with Crippen LogP contribution in [0.25, 0.3) is 0 Å². The molecule has 78 valence electrons. The summed E-state index contributed by atoms with van der Waals surface area (Å²) in [6.45, 7) is 7.83. The first kappa shape index (κ1) is 11.4.